The molecule has 0 bridgehead atoms. The minimum absolute atomic E-state index is 0.0989. The molecule has 1 aromatic rings. The summed E-state index contributed by atoms with van der Waals surface area (Å²) in [5.41, 5.74) is 6.64. The number of hydrogen-bond acceptors (Lipinski definition) is 4. The van der Waals surface area contributed by atoms with Crippen LogP contribution in [0.5, 0.6) is 5.75 Å². The maximum atomic E-state index is 12.1. The zero-order chi connectivity index (χ0) is 12.8. The number of rotatable bonds is 5. The van der Waals surface area contributed by atoms with E-state index < -0.39 is 0 Å². The van der Waals surface area contributed by atoms with Crippen molar-refractivity contribution in [1.82, 2.24) is 5.32 Å². The van der Waals surface area contributed by atoms with Gasteiger partial charge in [-0.3, -0.25) is 4.79 Å². The zero-order valence-electron chi connectivity index (χ0n) is 10.3. The predicted octanol–water partition coefficient (Wildman–Crippen LogP) is 1.76. The van der Waals surface area contributed by atoms with Crippen molar-refractivity contribution in [2.75, 3.05) is 24.9 Å². The van der Waals surface area contributed by atoms with Gasteiger partial charge in [0.2, 0.25) is 0 Å². The van der Waals surface area contributed by atoms with Gasteiger partial charge < -0.3 is 15.8 Å². The van der Waals surface area contributed by atoms with E-state index in [1.165, 1.54) is 7.11 Å². The van der Waals surface area contributed by atoms with Gasteiger partial charge in [-0.2, -0.15) is 11.8 Å². The van der Waals surface area contributed by atoms with Crippen molar-refractivity contribution in [1.29, 1.82) is 0 Å². The molecule has 0 saturated carbocycles. The van der Waals surface area contributed by atoms with Crippen molar-refractivity contribution in [3.8, 4) is 5.75 Å². The number of nitrogens with two attached hydrogens (primary N) is 1. The number of nitrogens with one attached hydrogen (secondary N) is 1. The van der Waals surface area contributed by atoms with Crippen molar-refractivity contribution in [3.63, 3.8) is 0 Å². The third-order valence-corrected chi connectivity index (χ3v) is 3.13. The Morgan fingerprint density at radius 2 is 2.29 bits per heavy atom. The lowest BCUT2D eigenvalue weighted by molar-refractivity contribution is 0.0941. The first-order valence-corrected chi connectivity index (χ1v) is 6.71. The second-order valence-electron chi connectivity index (χ2n) is 3.75. The Hall–Kier alpha value is -1.36. The van der Waals surface area contributed by atoms with Crippen molar-refractivity contribution in [2.45, 2.75) is 13.0 Å². The number of carbonyl (C=O) groups excluding carboxylic acids is 1. The molecule has 0 aliphatic rings. The van der Waals surface area contributed by atoms with Gasteiger partial charge in [-0.1, -0.05) is 6.07 Å². The highest BCUT2D eigenvalue weighted by molar-refractivity contribution is 7.98. The van der Waals surface area contributed by atoms with Crippen LogP contribution in [0.15, 0.2) is 18.2 Å². The third-order valence-electron chi connectivity index (χ3n) is 2.30. The molecule has 94 valence electrons. The Morgan fingerprint density at radius 1 is 1.59 bits per heavy atom. The lowest BCUT2D eigenvalue weighted by atomic mass is 10.1. The number of thioether (sulfide) groups is 1. The van der Waals surface area contributed by atoms with Gasteiger partial charge in [0.05, 0.1) is 7.11 Å². The van der Waals surface area contributed by atoms with Gasteiger partial charge in [0.25, 0.3) is 5.91 Å². The van der Waals surface area contributed by atoms with E-state index in [2.05, 4.69) is 5.32 Å². The van der Waals surface area contributed by atoms with Crippen LogP contribution in [-0.4, -0.2) is 31.1 Å². The summed E-state index contributed by atoms with van der Waals surface area (Å²) in [7, 11) is 1.52. The van der Waals surface area contributed by atoms with Crippen LogP contribution in [0.25, 0.3) is 0 Å². The molecule has 1 atom stereocenters. The van der Waals surface area contributed by atoms with Crippen molar-refractivity contribution in [2.24, 2.45) is 0 Å². The Balaban J connectivity index is 2.88. The highest BCUT2D eigenvalue weighted by Gasteiger charge is 2.17. The lowest BCUT2D eigenvalue weighted by Gasteiger charge is -2.15. The van der Waals surface area contributed by atoms with Crippen LogP contribution in [-0.2, 0) is 0 Å². The van der Waals surface area contributed by atoms with Gasteiger partial charge in [0.1, 0.15) is 11.3 Å². The molecule has 5 heteroatoms. The van der Waals surface area contributed by atoms with Crippen LogP contribution < -0.4 is 15.8 Å². The quantitative estimate of drug-likeness (QED) is 0.786. The number of hydrogen-bond donors (Lipinski definition) is 2. The van der Waals surface area contributed by atoms with Crippen LogP contribution in [0.1, 0.15) is 17.3 Å². The number of ether oxygens (including phenoxy) is 1. The molecule has 0 aromatic heterocycles. The molecule has 0 heterocycles. The Labute approximate surface area is 106 Å². The molecule has 0 spiro atoms. The van der Waals surface area contributed by atoms with Crippen LogP contribution in [0.2, 0.25) is 0 Å². The molecule has 0 aliphatic carbocycles. The largest absolute Gasteiger partial charge is 0.496 e. The molecule has 1 aromatic carbocycles. The van der Waals surface area contributed by atoms with Gasteiger partial charge in [-0.15, -0.1) is 0 Å². The van der Waals surface area contributed by atoms with Gasteiger partial charge in [0, 0.05) is 17.5 Å². The number of benzene rings is 1. The number of carbonyl (C=O) groups is 1. The monoisotopic (exact) mass is 254 g/mol. The van der Waals surface area contributed by atoms with Gasteiger partial charge >= 0.3 is 0 Å². The lowest BCUT2D eigenvalue weighted by Crippen LogP contribution is -2.34. The van der Waals surface area contributed by atoms with E-state index >= 15 is 0 Å². The number of anilines is 1. The minimum Gasteiger partial charge on any atom is -0.496 e. The summed E-state index contributed by atoms with van der Waals surface area (Å²) in [5, 5.41) is 2.89. The highest BCUT2D eigenvalue weighted by Crippen LogP contribution is 2.23. The van der Waals surface area contributed by atoms with E-state index in [1.54, 1.807) is 30.0 Å². The molecule has 3 N–H and O–H groups in total. The minimum atomic E-state index is -0.193. The van der Waals surface area contributed by atoms with E-state index in [0.717, 1.165) is 5.75 Å². The van der Waals surface area contributed by atoms with Crippen LogP contribution in [0, 0.1) is 0 Å². The first kappa shape index (κ1) is 13.7. The first-order chi connectivity index (χ1) is 8.10. The van der Waals surface area contributed by atoms with Gasteiger partial charge in [-0.05, 0) is 25.3 Å². The smallest absolute Gasteiger partial charge is 0.257 e. The third kappa shape index (κ3) is 3.56. The fourth-order valence-corrected chi connectivity index (χ4v) is 2.13. The molecule has 1 unspecified atom stereocenters. The molecule has 0 radical (unpaired) electrons. The van der Waals surface area contributed by atoms with Crippen LogP contribution in [0.3, 0.4) is 0 Å². The topological polar surface area (TPSA) is 64.3 Å². The maximum Gasteiger partial charge on any atom is 0.257 e. The van der Waals surface area contributed by atoms with Crippen molar-refractivity contribution in [3.05, 3.63) is 23.8 Å². The van der Waals surface area contributed by atoms with Crippen LogP contribution in [0.4, 0.5) is 5.69 Å². The fourth-order valence-electron chi connectivity index (χ4n) is 1.55. The van der Waals surface area contributed by atoms with E-state index in [4.69, 9.17) is 10.5 Å². The SMILES string of the molecule is COc1cccc(N)c1C(=O)NC(C)CSC. The van der Waals surface area contributed by atoms with Crippen LogP contribution >= 0.6 is 11.8 Å². The number of amides is 1. The standard InChI is InChI=1S/C12H18N2O2S/c1-8(7-17-3)14-12(15)11-9(13)5-4-6-10(11)16-2/h4-6,8H,7,13H2,1-3H3,(H,14,15). The fraction of sp³-hybridized carbons (Fsp3) is 0.417. The Kier molecular flexibility index (Phi) is 5.15. The molecule has 0 saturated heterocycles. The van der Waals surface area contributed by atoms with E-state index in [-0.39, 0.29) is 11.9 Å². The summed E-state index contributed by atoms with van der Waals surface area (Å²) in [6, 6.07) is 5.28. The predicted molar refractivity (Wildman–Crippen MR) is 72.7 cm³/mol. The zero-order valence-corrected chi connectivity index (χ0v) is 11.1. The second kappa shape index (κ2) is 6.39. The van der Waals surface area contributed by atoms with Crippen molar-refractivity contribution < 1.29 is 9.53 Å². The second-order valence-corrected chi connectivity index (χ2v) is 4.67. The summed E-state index contributed by atoms with van der Waals surface area (Å²) >= 11 is 1.68. The molecule has 4 nitrogen and oxygen atoms in total. The number of nitrogen functional groups attached to an aromatic ring is 1. The first-order valence-electron chi connectivity index (χ1n) is 5.32. The van der Waals surface area contributed by atoms with E-state index in [9.17, 15) is 4.79 Å². The highest BCUT2D eigenvalue weighted by atomic mass is 32.2. The Morgan fingerprint density at radius 3 is 2.88 bits per heavy atom. The summed E-state index contributed by atoms with van der Waals surface area (Å²) in [4.78, 5) is 12.1. The van der Waals surface area contributed by atoms with Gasteiger partial charge in [0.15, 0.2) is 0 Å². The number of methoxy groups -OCH3 is 1. The maximum absolute atomic E-state index is 12.1. The molecule has 0 aliphatic heterocycles. The van der Waals surface area contributed by atoms with Gasteiger partial charge in [-0.25, -0.2) is 0 Å². The average molecular weight is 254 g/mol. The molecule has 1 amide bonds. The summed E-state index contributed by atoms with van der Waals surface area (Å²) < 4.78 is 5.14. The average Bonchev–Trinajstić information content (AvgIpc) is 2.28. The van der Waals surface area contributed by atoms with E-state index in [0.29, 0.717) is 17.0 Å². The molecular weight excluding hydrogens is 236 g/mol. The Bertz CT molecular complexity index is 396. The molecule has 1 rings (SSSR count). The van der Waals surface area contributed by atoms with Crippen molar-refractivity contribution >= 4 is 23.4 Å². The summed E-state index contributed by atoms with van der Waals surface area (Å²) in [6.07, 6.45) is 2.00. The summed E-state index contributed by atoms with van der Waals surface area (Å²) in [5.74, 6) is 1.17. The molecule has 17 heavy (non-hydrogen) atoms. The van der Waals surface area contributed by atoms with E-state index in [1.807, 2.05) is 13.2 Å². The summed E-state index contributed by atoms with van der Waals surface area (Å²) in [6.45, 7) is 1.96. The molecule has 0 fully saturated rings. The normalized spacial score (nSPS) is 11.9. The molecular formula is C12H18N2O2S.